The summed E-state index contributed by atoms with van der Waals surface area (Å²) >= 11 is 0. The number of hydrogen-bond donors (Lipinski definition) is 2. The third-order valence-corrected chi connectivity index (χ3v) is 5.79. The summed E-state index contributed by atoms with van der Waals surface area (Å²) in [4.78, 5) is 31.6. The molecule has 0 radical (unpaired) electrons. The van der Waals surface area contributed by atoms with E-state index in [2.05, 4.69) is 57.8 Å². The van der Waals surface area contributed by atoms with Gasteiger partial charge in [0.2, 0.25) is 11.8 Å². The van der Waals surface area contributed by atoms with E-state index in [1.54, 1.807) is 0 Å². The second-order valence-electron chi connectivity index (χ2n) is 8.05. The standard InChI is InChI=1S/C23H28N4O2/c1-16-5-7-17(8-6-16)15-27-10-9-24-23(29)21(27)12-22(28)26-14-18-11-19-3-2-4-20(19)25-13-18/h5-8,11,13,21H,2-4,9-10,12,14-15H2,1H3,(H,24,29)(H,26,28). The average Bonchev–Trinajstić information content (AvgIpc) is 3.18. The van der Waals surface area contributed by atoms with Gasteiger partial charge in [-0.15, -0.1) is 0 Å². The molecule has 2 N–H and O–H groups in total. The molecule has 1 unspecified atom stereocenters. The van der Waals surface area contributed by atoms with Crippen LogP contribution in [-0.4, -0.2) is 40.8 Å². The van der Waals surface area contributed by atoms with Gasteiger partial charge in [-0.1, -0.05) is 35.9 Å². The molecule has 0 spiro atoms. The summed E-state index contributed by atoms with van der Waals surface area (Å²) < 4.78 is 0. The van der Waals surface area contributed by atoms with Crippen LogP contribution < -0.4 is 10.6 Å². The number of rotatable bonds is 6. The van der Waals surface area contributed by atoms with Gasteiger partial charge in [0.05, 0.1) is 12.5 Å². The monoisotopic (exact) mass is 392 g/mol. The Morgan fingerprint density at radius 2 is 2.07 bits per heavy atom. The van der Waals surface area contributed by atoms with Gasteiger partial charge in [0, 0.05) is 38.1 Å². The molecular weight excluding hydrogens is 364 g/mol. The lowest BCUT2D eigenvalue weighted by Gasteiger charge is -2.34. The summed E-state index contributed by atoms with van der Waals surface area (Å²) in [6.07, 6.45) is 5.29. The minimum Gasteiger partial charge on any atom is -0.353 e. The second-order valence-corrected chi connectivity index (χ2v) is 8.05. The van der Waals surface area contributed by atoms with E-state index in [0.717, 1.165) is 36.9 Å². The van der Waals surface area contributed by atoms with Crippen LogP contribution in [0.4, 0.5) is 0 Å². The van der Waals surface area contributed by atoms with Crippen molar-refractivity contribution in [2.24, 2.45) is 0 Å². The Morgan fingerprint density at radius 3 is 2.90 bits per heavy atom. The van der Waals surface area contributed by atoms with E-state index in [9.17, 15) is 9.59 Å². The molecule has 1 saturated heterocycles. The molecule has 1 aromatic carbocycles. The Hall–Kier alpha value is -2.73. The molecular formula is C23H28N4O2. The van der Waals surface area contributed by atoms with Gasteiger partial charge in [0.1, 0.15) is 0 Å². The average molecular weight is 393 g/mol. The fourth-order valence-electron chi connectivity index (χ4n) is 4.12. The third kappa shape index (κ3) is 4.82. The van der Waals surface area contributed by atoms with E-state index in [-0.39, 0.29) is 18.2 Å². The number of aryl methyl sites for hydroxylation is 3. The lowest BCUT2D eigenvalue weighted by molar-refractivity contribution is -0.134. The van der Waals surface area contributed by atoms with Gasteiger partial charge in [-0.2, -0.15) is 0 Å². The molecule has 6 heteroatoms. The summed E-state index contributed by atoms with van der Waals surface area (Å²) in [6, 6.07) is 10.0. The number of carbonyl (C=O) groups excluding carboxylic acids is 2. The van der Waals surface area contributed by atoms with E-state index in [1.165, 1.54) is 16.8 Å². The fourth-order valence-corrected chi connectivity index (χ4v) is 4.12. The molecule has 2 amide bonds. The largest absolute Gasteiger partial charge is 0.353 e. The van der Waals surface area contributed by atoms with Crippen molar-refractivity contribution in [3.63, 3.8) is 0 Å². The first-order chi connectivity index (χ1) is 14.1. The number of fused-ring (bicyclic) bond motifs is 1. The van der Waals surface area contributed by atoms with Crippen LogP contribution in [0, 0.1) is 6.92 Å². The molecule has 29 heavy (non-hydrogen) atoms. The van der Waals surface area contributed by atoms with E-state index < -0.39 is 6.04 Å². The summed E-state index contributed by atoms with van der Waals surface area (Å²) in [6.45, 7) is 4.53. The summed E-state index contributed by atoms with van der Waals surface area (Å²) in [5, 5.41) is 5.86. The Bertz CT molecular complexity index is 894. The lowest BCUT2D eigenvalue weighted by atomic mass is 10.1. The van der Waals surface area contributed by atoms with Crippen LogP contribution in [0.1, 0.15) is 40.8 Å². The summed E-state index contributed by atoms with van der Waals surface area (Å²) in [5.41, 5.74) is 5.86. The van der Waals surface area contributed by atoms with Crippen LogP contribution in [0.5, 0.6) is 0 Å². The zero-order valence-electron chi connectivity index (χ0n) is 16.9. The predicted molar refractivity (Wildman–Crippen MR) is 111 cm³/mol. The molecule has 1 aromatic heterocycles. The smallest absolute Gasteiger partial charge is 0.237 e. The number of benzene rings is 1. The Kier molecular flexibility index (Phi) is 5.90. The number of aromatic nitrogens is 1. The van der Waals surface area contributed by atoms with Crippen molar-refractivity contribution in [3.05, 3.63) is 64.5 Å². The Morgan fingerprint density at radius 1 is 1.24 bits per heavy atom. The number of hydrogen-bond acceptors (Lipinski definition) is 4. The van der Waals surface area contributed by atoms with Gasteiger partial charge < -0.3 is 10.6 Å². The maximum Gasteiger partial charge on any atom is 0.237 e. The molecule has 1 fully saturated rings. The molecule has 6 nitrogen and oxygen atoms in total. The highest BCUT2D eigenvalue weighted by atomic mass is 16.2. The van der Waals surface area contributed by atoms with Gasteiger partial charge >= 0.3 is 0 Å². The first kappa shape index (κ1) is 19.6. The van der Waals surface area contributed by atoms with E-state index in [4.69, 9.17) is 0 Å². The van der Waals surface area contributed by atoms with Crippen molar-refractivity contribution in [3.8, 4) is 0 Å². The van der Waals surface area contributed by atoms with Gasteiger partial charge in [0.15, 0.2) is 0 Å². The van der Waals surface area contributed by atoms with E-state index in [0.29, 0.717) is 19.6 Å². The highest BCUT2D eigenvalue weighted by Gasteiger charge is 2.31. The molecule has 0 saturated carbocycles. The predicted octanol–water partition coefficient (Wildman–Crippen LogP) is 1.89. The lowest BCUT2D eigenvalue weighted by Crippen LogP contribution is -2.56. The van der Waals surface area contributed by atoms with E-state index >= 15 is 0 Å². The van der Waals surface area contributed by atoms with E-state index in [1.807, 2.05) is 6.20 Å². The first-order valence-electron chi connectivity index (χ1n) is 10.4. The number of pyridine rings is 1. The second kappa shape index (κ2) is 8.74. The maximum absolute atomic E-state index is 12.6. The normalized spacial score (nSPS) is 18.9. The number of nitrogens with zero attached hydrogens (tertiary/aromatic N) is 2. The van der Waals surface area contributed by atoms with Crippen LogP contribution in [0.25, 0.3) is 0 Å². The number of carbonyl (C=O) groups is 2. The van der Waals surface area contributed by atoms with Gasteiger partial charge in [-0.3, -0.25) is 19.5 Å². The minimum atomic E-state index is -0.441. The van der Waals surface area contributed by atoms with Crippen molar-refractivity contribution >= 4 is 11.8 Å². The molecule has 2 heterocycles. The highest BCUT2D eigenvalue weighted by molar-refractivity contribution is 5.88. The molecule has 2 aromatic rings. The summed E-state index contributed by atoms with van der Waals surface area (Å²) in [5.74, 6) is -0.181. The van der Waals surface area contributed by atoms with Crippen molar-refractivity contribution in [1.29, 1.82) is 0 Å². The summed E-state index contributed by atoms with van der Waals surface area (Å²) in [7, 11) is 0. The fraction of sp³-hybridized carbons (Fsp3) is 0.435. The van der Waals surface area contributed by atoms with Crippen LogP contribution in [0.3, 0.4) is 0 Å². The van der Waals surface area contributed by atoms with Crippen LogP contribution >= 0.6 is 0 Å². The topological polar surface area (TPSA) is 74.3 Å². The molecule has 2 aliphatic rings. The van der Waals surface area contributed by atoms with Crippen molar-refractivity contribution < 1.29 is 9.59 Å². The third-order valence-electron chi connectivity index (χ3n) is 5.79. The molecule has 0 bridgehead atoms. The SMILES string of the molecule is Cc1ccc(CN2CCNC(=O)C2CC(=O)NCc2cnc3c(c2)CCC3)cc1. The van der Waals surface area contributed by atoms with Crippen LogP contribution in [0.2, 0.25) is 0 Å². The van der Waals surface area contributed by atoms with Crippen LogP contribution in [-0.2, 0) is 35.5 Å². The number of amides is 2. The van der Waals surface area contributed by atoms with Gasteiger partial charge in [-0.05, 0) is 42.9 Å². The zero-order chi connectivity index (χ0) is 20.2. The molecule has 152 valence electrons. The zero-order valence-corrected chi connectivity index (χ0v) is 16.9. The molecule has 1 aliphatic heterocycles. The van der Waals surface area contributed by atoms with Crippen molar-refractivity contribution in [1.82, 2.24) is 20.5 Å². The maximum atomic E-state index is 12.6. The Balaban J connectivity index is 1.35. The highest BCUT2D eigenvalue weighted by Crippen LogP contribution is 2.20. The molecule has 1 atom stereocenters. The van der Waals surface area contributed by atoms with Gasteiger partial charge in [-0.25, -0.2) is 0 Å². The van der Waals surface area contributed by atoms with Crippen molar-refractivity contribution in [2.45, 2.75) is 51.7 Å². The first-order valence-corrected chi connectivity index (χ1v) is 10.4. The Labute approximate surface area is 171 Å². The van der Waals surface area contributed by atoms with Gasteiger partial charge in [0.25, 0.3) is 0 Å². The molecule has 1 aliphatic carbocycles. The number of nitrogens with one attached hydrogen (secondary N) is 2. The minimum absolute atomic E-state index is 0.0716. The van der Waals surface area contributed by atoms with Crippen LogP contribution in [0.15, 0.2) is 36.5 Å². The van der Waals surface area contributed by atoms with Crippen molar-refractivity contribution in [2.75, 3.05) is 13.1 Å². The quantitative estimate of drug-likeness (QED) is 0.787. The molecule has 4 rings (SSSR count). The number of piperazine rings is 1.